The summed E-state index contributed by atoms with van der Waals surface area (Å²) in [5.41, 5.74) is 9.94. The summed E-state index contributed by atoms with van der Waals surface area (Å²) in [5.74, 6) is 1.62. The highest BCUT2D eigenvalue weighted by Crippen LogP contribution is 2.48. The van der Waals surface area contributed by atoms with Crippen LogP contribution < -0.4 is 4.74 Å². The average molecular weight is 596 g/mol. The van der Waals surface area contributed by atoms with Crippen LogP contribution in [0, 0.1) is 11.3 Å². The Hall–Kier alpha value is -6.43. The van der Waals surface area contributed by atoms with Crippen molar-refractivity contribution in [2.75, 3.05) is 0 Å². The molecule has 1 heterocycles. The first-order valence-electron chi connectivity index (χ1n) is 15.9. The van der Waals surface area contributed by atoms with E-state index in [0.717, 1.165) is 44.5 Å². The third kappa shape index (κ3) is 3.91. The highest BCUT2D eigenvalue weighted by atomic mass is 16.5. The fraction of sp³-hybridized carbons (Fsp3) is 0. The van der Waals surface area contributed by atoms with Gasteiger partial charge in [0.15, 0.2) is 0 Å². The third-order valence-electron chi connectivity index (χ3n) is 9.81. The predicted molar refractivity (Wildman–Crippen MR) is 194 cm³/mol. The third-order valence-corrected chi connectivity index (χ3v) is 9.81. The Morgan fingerprint density at radius 2 is 0.936 bits per heavy atom. The van der Waals surface area contributed by atoms with E-state index in [0.29, 0.717) is 5.56 Å². The number of hydrogen-bond acceptors (Lipinski definition) is 2. The molecule has 216 valence electrons. The molecule has 0 bridgehead atoms. The maximum absolute atomic E-state index is 9.62. The summed E-state index contributed by atoms with van der Waals surface area (Å²) in [6.07, 6.45) is 0. The van der Waals surface area contributed by atoms with E-state index in [2.05, 4.69) is 127 Å². The van der Waals surface area contributed by atoms with E-state index in [1.807, 2.05) is 30.3 Å². The summed E-state index contributed by atoms with van der Waals surface area (Å²) in [5, 5.41) is 19.3. The predicted octanol–water partition coefficient (Wildman–Crippen LogP) is 12.4. The number of rotatable bonds is 3. The van der Waals surface area contributed by atoms with E-state index in [9.17, 15) is 5.26 Å². The first kappa shape index (κ1) is 25.9. The van der Waals surface area contributed by atoms with Crippen LogP contribution in [0.1, 0.15) is 5.56 Å². The molecule has 0 aliphatic carbocycles. The van der Waals surface area contributed by atoms with E-state index < -0.39 is 0 Å². The zero-order valence-corrected chi connectivity index (χ0v) is 25.3. The molecule has 0 saturated carbocycles. The highest BCUT2D eigenvalue weighted by Gasteiger charge is 2.22. The van der Waals surface area contributed by atoms with Crippen LogP contribution in [-0.2, 0) is 0 Å². The van der Waals surface area contributed by atoms with Crippen molar-refractivity contribution in [1.29, 1.82) is 5.26 Å². The second-order valence-electron chi connectivity index (χ2n) is 12.4. The molecule has 9 aromatic rings. The zero-order valence-electron chi connectivity index (χ0n) is 25.3. The highest BCUT2D eigenvalue weighted by molar-refractivity contribution is 6.24. The molecule has 0 atom stereocenters. The minimum absolute atomic E-state index is 0.664. The molecule has 2 nitrogen and oxygen atoms in total. The summed E-state index contributed by atoms with van der Waals surface area (Å²) < 4.78 is 6.42. The van der Waals surface area contributed by atoms with Crippen molar-refractivity contribution in [3.8, 4) is 62.1 Å². The van der Waals surface area contributed by atoms with Gasteiger partial charge in [0.2, 0.25) is 0 Å². The summed E-state index contributed by atoms with van der Waals surface area (Å²) >= 11 is 0. The second-order valence-corrected chi connectivity index (χ2v) is 12.4. The Balaban J connectivity index is 1.01. The largest absolute Gasteiger partial charge is 0.456 e. The first-order valence-corrected chi connectivity index (χ1v) is 15.9. The van der Waals surface area contributed by atoms with Gasteiger partial charge in [0.05, 0.1) is 11.6 Å². The van der Waals surface area contributed by atoms with Crippen LogP contribution in [0.25, 0.3) is 87.6 Å². The van der Waals surface area contributed by atoms with Crippen LogP contribution in [0.4, 0.5) is 0 Å². The molecule has 0 saturated heterocycles. The standard InChI is InChI=1S/C45H25NO/c46-26-35-18-20-40-39-19-17-30(25-42(39)47-41-8-4-7-38(35)45(40)41)28-9-11-29(12-10-28)37-23-33-15-13-31-21-36(27-5-2-1-3-6-27)22-32-14-16-34(24-37)44(33)43(31)32/h1-25H. The molecule has 10 rings (SSSR count). The van der Waals surface area contributed by atoms with Gasteiger partial charge in [-0.1, -0.05) is 103 Å². The van der Waals surface area contributed by atoms with Gasteiger partial charge in [-0.2, -0.15) is 5.26 Å². The number of nitriles is 1. The minimum atomic E-state index is 0.664. The maximum atomic E-state index is 9.62. The number of hydrogen-bond donors (Lipinski definition) is 0. The molecule has 0 spiro atoms. The van der Waals surface area contributed by atoms with Crippen LogP contribution >= 0.6 is 0 Å². The van der Waals surface area contributed by atoms with Gasteiger partial charge >= 0.3 is 0 Å². The van der Waals surface area contributed by atoms with E-state index in [1.54, 1.807) is 0 Å². The summed E-state index contributed by atoms with van der Waals surface area (Å²) in [7, 11) is 0. The van der Waals surface area contributed by atoms with Gasteiger partial charge in [0.1, 0.15) is 11.5 Å². The topological polar surface area (TPSA) is 33.0 Å². The van der Waals surface area contributed by atoms with E-state index in [-0.39, 0.29) is 0 Å². The van der Waals surface area contributed by atoms with Gasteiger partial charge in [0, 0.05) is 16.3 Å². The lowest BCUT2D eigenvalue weighted by Crippen LogP contribution is -1.98. The normalized spacial score (nSPS) is 12.0. The second kappa shape index (κ2) is 9.78. The lowest BCUT2D eigenvalue weighted by molar-refractivity contribution is 0.487. The fourth-order valence-electron chi connectivity index (χ4n) is 7.56. The summed E-state index contributed by atoms with van der Waals surface area (Å²) in [6.45, 7) is 0. The minimum Gasteiger partial charge on any atom is -0.456 e. The molecule has 0 radical (unpaired) electrons. The van der Waals surface area contributed by atoms with Crippen molar-refractivity contribution in [3.05, 3.63) is 157 Å². The lowest BCUT2D eigenvalue weighted by atomic mass is 9.89. The Morgan fingerprint density at radius 1 is 0.383 bits per heavy atom. The smallest absolute Gasteiger partial charge is 0.135 e. The van der Waals surface area contributed by atoms with Crippen LogP contribution in [0.2, 0.25) is 0 Å². The Kier molecular flexibility index (Phi) is 5.38. The summed E-state index contributed by atoms with van der Waals surface area (Å²) in [4.78, 5) is 0. The van der Waals surface area contributed by atoms with Gasteiger partial charge in [-0.15, -0.1) is 0 Å². The van der Waals surface area contributed by atoms with Crippen LogP contribution in [0.3, 0.4) is 0 Å². The number of fused-ring (bicyclic) bond motifs is 2. The maximum Gasteiger partial charge on any atom is 0.135 e. The monoisotopic (exact) mass is 595 g/mol. The molecule has 47 heavy (non-hydrogen) atoms. The SMILES string of the molecule is N#Cc1ccc2c3c(cccc13)Oc1cc(-c3ccc(-c4cc5ccc6cc(-c7ccccc7)cc7ccc(c4)c5c67)cc3)ccc1-2. The van der Waals surface area contributed by atoms with Crippen LogP contribution in [0.15, 0.2) is 152 Å². The molecular formula is C45H25NO. The lowest BCUT2D eigenvalue weighted by Gasteiger charge is -2.22. The van der Waals surface area contributed by atoms with Crippen molar-refractivity contribution >= 4 is 43.1 Å². The Morgan fingerprint density at radius 3 is 1.55 bits per heavy atom. The van der Waals surface area contributed by atoms with Crippen molar-refractivity contribution in [3.63, 3.8) is 0 Å². The van der Waals surface area contributed by atoms with Gasteiger partial charge in [-0.3, -0.25) is 0 Å². The van der Waals surface area contributed by atoms with Crippen molar-refractivity contribution in [2.24, 2.45) is 0 Å². The van der Waals surface area contributed by atoms with Crippen molar-refractivity contribution in [1.82, 2.24) is 0 Å². The fourth-order valence-corrected chi connectivity index (χ4v) is 7.56. The molecule has 9 aromatic carbocycles. The van der Waals surface area contributed by atoms with E-state index >= 15 is 0 Å². The van der Waals surface area contributed by atoms with Crippen LogP contribution in [0.5, 0.6) is 11.5 Å². The van der Waals surface area contributed by atoms with Gasteiger partial charge in [-0.05, 0) is 120 Å². The van der Waals surface area contributed by atoms with Gasteiger partial charge in [-0.25, -0.2) is 0 Å². The van der Waals surface area contributed by atoms with Gasteiger partial charge in [0.25, 0.3) is 0 Å². The molecule has 0 fully saturated rings. The molecule has 0 unspecified atom stereocenters. The van der Waals surface area contributed by atoms with E-state index in [1.165, 1.54) is 54.6 Å². The van der Waals surface area contributed by atoms with E-state index in [4.69, 9.17) is 4.74 Å². The Bertz CT molecular complexity index is 2690. The molecule has 2 heteroatoms. The molecule has 1 aliphatic rings. The number of benzene rings is 9. The van der Waals surface area contributed by atoms with Gasteiger partial charge < -0.3 is 4.74 Å². The summed E-state index contributed by atoms with van der Waals surface area (Å²) in [6, 6.07) is 56.4. The quantitative estimate of drug-likeness (QED) is 0.190. The Labute approximate surface area is 271 Å². The molecular weight excluding hydrogens is 571 g/mol. The molecule has 1 aliphatic heterocycles. The molecule has 0 N–H and O–H groups in total. The van der Waals surface area contributed by atoms with Crippen LogP contribution in [-0.4, -0.2) is 0 Å². The first-order chi connectivity index (χ1) is 23.2. The zero-order chi connectivity index (χ0) is 31.1. The number of ether oxygens (including phenoxy) is 1. The van der Waals surface area contributed by atoms with Crippen molar-refractivity contribution in [2.45, 2.75) is 0 Å². The molecule has 0 aromatic heterocycles. The van der Waals surface area contributed by atoms with Crippen molar-refractivity contribution < 1.29 is 4.74 Å². The number of nitrogens with zero attached hydrogens (tertiary/aromatic N) is 1. The molecule has 0 amide bonds. The average Bonchev–Trinajstić information content (AvgIpc) is 3.14.